The van der Waals surface area contributed by atoms with Gasteiger partial charge < -0.3 is 0 Å². The molecule has 0 aromatic rings. The summed E-state index contributed by atoms with van der Waals surface area (Å²) in [5.41, 5.74) is -0.880. The molecule has 248 valence electrons. The van der Waals surface area contributed by atoms with Gasteiger partial charge in [0.1, 0.15) is 4.33 Å². The van der Waals surface area contributed by atoms with Crippen molar-refractivity contribution in [1.29, 1.82) is 0 Å². The Morgan fingerprint density at radius 2 is 0.814 bits per heavy atom. The van der Waals surface area contributed by atoms with Gasteiger partial charge in [0.2, 0.25) is 0 Å². The number of alkyl halides is 2. The second kappa shape index (κ2) is 15.9. The van der Waals surface area contributed by atoms with Gasteiger partial charge in [0.05, 0.1) is 10.8 Å². The lowest BCUT2D eigenvalue weighted by Gasteiger charge is -2.67. The molecule has 0 radical (unpaired) electrons. The first-order valence-corrected chi connectivity index (χ1v) is 20.5. The maximum atomic E-state index is 14.1. The summed E-state index contributed by atoms with van der Waals surface area (Å²) in [6.07, 6.45) is 37.0. The minimum absolute atomic E-state index is 0.440. The molecule has 0 bridgehead atoms. The summed E-state index contributed by atoms with van der Waals surface area (Å²) in [6, 6.07) is 0. The first kappa shape index (κ1) is 34.6. The van der Waals surface area contributed by atoms with E-state index in [2.05, 4.69) is 13.8 Å². The highest BCUT2D eigenvalue weighted by Crippen LogP contribution is 2.75. The van der Waals surface area contributed by atoms with E-state index in [1.807, 2.05) is 0 Å². The number of Topliss-reactive ketones (excluding diaryl/α,β-unsaturated/α-hetero) is 1. The number of ketones is 1. The fourth-order valence-electron chi connectivity index (χ4n) is 11.4. The van der Waals surface area contributed by atoms with Crippen LogP contribution in [-0.2, 0) is 4.79 Å². The highest BCUT2D eigenvalue weighted by Gasteiger charge is 2.79. The van der Waals surface area contributed by atoms with Gasteiger partial charge in [-0.3, -0.25) is 4.79 Å². The molecule has 5 aliphatic carbocycles. The number of carbonyl (C=O) groups is 1. The van der Waals surface area contributed by atoms with Crippen molar-refractivity contribution >= 4 is 29.0 Å². The highest BCUT2D eigenvalue weighted by molar-refractivity contribution is 6.55. The molecule has 0 aromatic carbocycles. The molecule has 0 unspecified atom stereocenters. The van der Waals surface area contributed by atoms with Crippen molar-refractivity contribution in [3.8, 4) is 0 Å². The van der Waals surface area contributed by atoms with Crippen LogP contribution in [-0.4, -0.2) is 10.1 Å². The largest absolute Gasteiger partial charge is 0.298 e. The summed E-state index contributed by atoms with van der Waals surface area (Å²) >= 11 is 14.8. The Bertz CT molecular complexity index is 767. The fraction of sp³-hybridized carbons (Fsp3) is 0.975. The molecular weight excluding hydrogens is 567 g/mol. The number of rotatable bonds is 14. The molecule has 0 heterocycles. The predicted molar refractivity (Wildman–Crippen MR) is 186 cm³/mol. The molecule has 5 fully saturated rings. The lowest BCUT2D eigenvalue weighted by molar-refractivity contribution is -0.173. The molecular formula is C40H68Cl2O. The summed E-state index contributed by atoms with van der Waals surface area (Å²) < 4.78 is -0.835. The van der Waals surface area contributed by atoms with Crippen molar-refractivity contribution in [3.63, 3.8) is 0 Å². The summed E-state index contributed by atoms with van der Waals surface area (Å²) in [5.74, 6) is 5.79. The molecule has 0 aromatic heterocycles. The fourth-order valence-corrected chi connectivity index (χ4v) is 12.5. The Labute approximate surface area is 277 Å². The number of hydrogen-bond donors (Lipinski definition) is 0. The summed E-state index contributed by atoms with van der Waals surface area (Å²) in [5, 5.41) is 0. The van der Waals surface area contributed by atoms with Gasteiger partial charge in [-0.15, -0.1) is 0 Å². The standard InChI is InChI=1S/C40H68Cl2O/c1-3-5-7-9-11-13-31-15-19-33(20-16-31)35-23-27-38(28-24-35)37(43)39(40(38,41)42)29-25-36(26-30-39)34-21-17-32(18-22-34)14-12-10-8-6-4-2/h31-36H,3-30H2,1-2H3/t31?,32?,33?,34?,35-,36?,38+,39-. The van der Waals surface area contributed by atoms with Crippen LogP contribution in [0.25, 0.3) is 0 Å². The number of hydrogen-bond acceptors (Lipinski definition) is 1. The molecule has 0 aliphatic heterocycles. The average molecular weight is 636 g/mol. The van der Waals surface area contributed by atoms with Gasteiger partial charge in [-0.25, -0.2) is 0 Å². The molecule has 1 nitrogen and oxygen atoms in total. The van der Waals surface area contributed by atoms with Crippen LogP contribution >= 0.6 is 23.2 Å². The Hall–Kier alpha value is 0.250. The summed E-state index contributed by atoms with van der Waals surface area (Å²) in [6.45, 7) is 4.61. The Balaban J connectivity index is 1.02. The van der Waals surface area contributed by atoms with E-state index < -0.39 is 15.2 Å². The third-order valence-corrected chi connectivity index (χ3v) is 15.8. The smallest absolute Gasteiger partial charge is 0.151 e. The van der Waals surface area contributed by atoms with Crippen LogP contribution in [0.4, 0.5) is 0 Å². The maximum Gasteiger partial charge on any atom is 0.151 e. The van der Waals surface area contributed by atoms with Crippen molar-refractivity contribution in [1.82, 2.24) is 0 Å². The quantitative estimate of drug-likeness (QED) is 0.137. The molecule has 0 saturated heterocycles. The van der Waals surface area contributed by atoms with Crippen molar-refractivity contribution in [2.45, 2.75) is 198 Å². The van der Waals surface area contributed by atoms with Crippen LogP contribution in [0.15, 0.2) is 0 Å². The van der Waals surface area contributed by atoms with E-state index in [4.69, 9.17) is 23.2 Å². The van der Waals surface area contributed by atoms with Crippen molar-refractivity contribution in [2.24, 2.45) is 46.3 Å². The van der Waals surface area contributed by atoms with E-state index >= 15 is 0 Å². The van der Waals surface area contributed by atoms with Crippen molar-refractivity contribution < 1.29 is 4.79 Å². The predicted octanol–water partition coefficient (Wildman–Crippen LogP) is 13.4. The van der Waals surface area contributed by atoms with Crippen LogP contribution in [0.2, 0.25) is 0 Å². The number of unbranched alkanes of at least 4 members (excludes halogenated alkanes) is 8. The van der Waals surface area contributed by atoms with E-state index in [0.717, 1.165) is 61.2 Å². The summed E-state index contributed by atoms with van der Waals surface area (Å²) in [4.78, 5) is 14.1. The Kier molecular flexibility index (Phi) is 12.8. The first-order valence-electron chi connectivity index (χ1n) is 19.8. The zero-order chi connectivity index (χ0) is 30.3. The number of halogens is 2. The maximum absolute atomic E-state index is 14.1. The summed E-state index contributed by atoms with van der Waals surface area (Å²) in [7, 11) is 0. The van der Waals surface area contributed by atoms with Crippen LogP contribution in [0.5, 0.6) is 0 Å². The molecule has 5 saturated carbocycles. The molecule has 5 rings (SSSR count). The SMILES string of the molecule is CCCCCCCC1CCC(C2CC[C@]3(CC2)C(=O)[C@@]2(CC[C@@H](C4CCC(CCCCCCC)CC4)CC2)C3(Cl)Cl)CC1. The molecule has 5 aliphatic rings. The average Bonchev–Trinajstić information content (AvgIpc) is 3.05. The third kappa shape index (κ3) is 7.39. The molecule has 0 atom stereocenters. The van der Waals surface area contributed by atoms with Gasteiger partial charge >= 0.3 is 0 Å². The van der Waals surface area contributed by atoms with E-state index in [1.54, 1.807) is 0 Å². The van der Waals surface area contributed by atoms with Crippen LogP contribution < -0.4 is 0 Å². The Morgan fingerprint density at radius 1 is 0.488 bits per heavy atom. The lowest BCUT2D eigenvalue weighted by atomic mass is 9.41. The van der Waals surface area contributed by atoms with Crippen LogP contribution in [0, 0.1) is 46.3 Å². The second-order valence-corrected chi connectivity index (χ2v) is 18.0. The van der Waals surface area contributed by atoms with Crippen molar-refractivity contribution in [2.75, 3.05) is 0 Å². The molecule has 43 heavy (non-hydrogen) atoms. The topological polar surface area (TPSA) is 17.1 Å². The minimum Gasteiger partial charge on any atom is -0.298 e. The van der Waals surface area contributed by atoms with Gasteiger partial charge in [-0.1, -0.05) is 140 Å². The van der Waals surface area contributed by atoms with E-state index in [1.165, 1.54) is 154 Å². The van der Waals surface area contributed by atoms with Crippen molar-refractivity contribution in [3.05, 3.63) is 0 Å². The molecule has 0 N–H and O–H groups in total. The van der Waals surface area contributed by atoms with Crippen LogP contribution in [0.3, 0.4) is 0 Å². The van der Waals surface area contributed by atoms with E-state index in [9.17, 15) is 4.79 Å². The molecule has 0 amide bonds. The second-order valence-electron chi connectivity index (χ2n) is 16.7. The van der Waals surface area contributed by atoms with Gasteiger partial charge in [0.15, 0.2) is 5.78 Å². The van der Waals surface area contributed by atoms with Gasteiger partial charge in [-0.05, 0) is 113 Å². The van der Waals surface area contributed by atoms with Gasteiger partial charge in [0.25, 0.3) is 0 Å². The molecule has 3 heteroatoms. The lowest BCUT2D eigenvalue weighted by Crippen LogP contribution is -2.74. The van der Waals surface area contributed by atoms with Crippen LogP contribution in [0.1, 0.15) is 194 Å². The van der Waals surface area contributed by atoms with Gasteiger partial charge in [0, 0.05) is 0 Å². The third-order valence-electron chi connectivity index (χ3n) is 14.4. The first-order chi connectivity index (χ1) is 20.9. The highest BCUT2D eigenvalue weighted by atomic mass is 35.5. The minimum atomic E-state index is -0.835. The normalized spacial score (nSPS) is 39.7. The zero-order valence-electron chi connectivity index (χ0n) is 28.4. The van der Waals surface area contributed by atoms with E-state index in [0.29, 0.717) is 5.78 Å². The number of carbonyl (C=O) groups excluding carboxylic acids is 1. The Morgan fingerprint density at radius 3 is 1.14 bits per heavy atom. The molecule has 2 spiro atoms. The monoisotopic (exact) mass is 634 g/mol. The van der Waals surface area contributed by atoms with E-state index in [-0.39, 0.29) is 0 Å². The zero-order valence-corrected chi connectivity index (χ0v) is 29.9. The van der Waals surface area contributed by atoms with Gasteiger partial charge in [-0.2, -0.15) is 0 Å².